The average molecular weight is 375 g/mol. The molecule has 29 heavy (non-hydrogen) atoms. The van der Waals surface area contributed by atoms with E-state index in [9.17, 15) is 4.79 Å². The molecule has 0 radical (unpaired) electrons. The van der Waals surface area contributed by atoms with E-state index < -0.39 is 5.54 Å². The Kier molecular flexibility index (Phi) is 4.06. The number of hydrogen-bond acceptors (Lipinski definition) is 1. The van der Waals surface area contributed by atoms with E-state index in [0.29, 0.717) is 0 Å². The van der Waals surface area contributed by atoms with Gasteiger partial charge in [-0.3, -0.25) is 9.69 Å². The Labute approximate surface area is 171 Å². The molecule has 1 aliphatic heterocycles. The van der Waals surface area contributed by atoms with E-state index in [1.165, 1.54) is 5.56 Å². The Morgan fingerprint density at radius 1 is 0.621 bits per heavy atom. The first-order valence-corrected chi connectivity index (χ1v) is 9.85. The topological polar surface area (TPSA) is 20.3 Å². The molecule has 0 fully saturated rings. The van der Waals surface area contributed by atoms with E-state index in [-0.39, 0.29) is 5.91 Å². The smallest absolute Gasteiger partial charge is 0.260 e. The maximum absolute atomic E-state index is 13.8. The first kappa shape index (κ1) is 17.4. The van der Waals surface area contributed by atoms with Gasteiger partial charge in [0.15, 0.2) is 0 Å². The van der Waals surface area contributed by atoms with Crippen LogP contribution in [-0.4, -0.2) is 5.91 Å². The molecule has 4 aromatic rings. The average Bonchev–Trinajstić information content (AvgIpc) is 3.05. The number of nitrogens with zero attached hydrogens (tertiary/aromatic N) is 1. The Hall–Kier alpha value is -3.65. The summed E-state index contributed by atoms with van der Waals surface area (Å²) in [5.41, 5.74) is 5.29. The van der Waals surface area contributed by atoms with Crippen molar-refractivity contribution >= 4 is 11.6 Å². The third kappa shape index (κ3) is 2.53. The van der Waals surface area contributed by atoms with Crippen molar-refractivity contribution in [3.8, 4) is 0 Å². The molecule has 1 amide bonds. The molecule has 0 saturated heterocycles. The Balaban J connectivity index is 1.92. The Morgan fingerprint density at radius 2 is 1.17 bits per heavy atom. The molecule has 5 rings (SSSR count). The highest BCUT2D eigenvalue weighted by Gasteiger charge is 2.52. The number of carbonyl (C=O) groups is 1. The maximum Gasteiger partial charge on any atom is 0.260 e. The number of amides is 1. The number of rotatable bonds is 3. The molecular formula is C27H21NO. The van der Waals surface area contributed by atoms with Gasteiger partial charge in [0.1, 0.15) is 5.54 Å². The molecule has 2 nitrogen and oxygen atoms in total. The lowest BCUT2D eigenvalue weighted by molar-refractivity contribution is 0.0986. The van der Waals surface area contributed by atoms with Crippen molar-refractivity contribution in [2.24, 2.45) is 0 Å². The molecule has 0 spiro atoms. The quantitative estimate of drug-likeness (QED) is 0.433. The van der Waals surface area contributed by atoms with E-state index in [1.807, 2.05) is 71.6 Å². The van der Waals surface area contributed by atoms with Gasteiger partial charge in [0.05, 0.1) is 0 Å². The second-order valence-corrected chi connectivity index (χ2v) is 7.46. The Bertz CT molecular complexity index is 1170. The number of anilines is 1. The summed E-state index contributed by atoms with van der Waals surface area (Å²) in [7, 11) is 0. The van der Waals surface area contributed by atoms with Crippen LogP contribution in [0.15, 0.2) is 109 Å². The summed E-state index contributed by atoms with van der Waals surface area (Å²) in [5.74, 6) is 0.0243. The number of benzene rings is 4. The van der Waals surface area contributed by atoms with Crippen LogP contribution in [0.1, 0.15) is 32.6 Å². The molecule has 0 aliphatic carbocycles. The van der Waals surface area contributed by atoms with Gasteiger partial charge in [-0.25, -0.2) is 0 Å². The second-order valence-electron chi connectivity index (χ2n) is 7.46. The third-order valence-corrected chi connectivity index (χ3v) is 5.76. The van der Waals surface area contributed by atoms with Crippen LogP contribution in [-0.2, 0) is 5.54 Å². The predicted octanol–water partition coefficient (Wildman–Crippen LogP) is 5.95. The van der Waals surface area contributed by atoms with Crippen LogP contribution >= 0.6 is 0 Å². The highest BCUT2D eigenvalue weighted by atomic mass is 16.2. The zero-order chi connectivity index (χ0) is 19.8. The van der Waals surface area contributed by atoms with Gasteiger partial charge in [0.25, 0.3) is 5.91 Å². The molecule has 0 saturated carbocycles. The largest absolute Gasteiger partial charge is 0.290 e. The first-order valence-electron chi connectivity index (χ1n) is 9.85. The number of fused-ring (bicyclic) bond motifs is 1. The minimum atomic E-state index is -0.718. The Morgan fingerprint density at radius 3 is 1.86 bits per heavy atom. The van der Waals surface area contributed by atoms with Gasteiger partial charge < -0.3 is 0 Å². The molecule has 2 heteroatoms. The van der Waals surface area contributed by atoms with Crippen molar-refractivity contribution in [1.29, 1.82) is 0 Å². The molecule has 0 bridgehead atoms. The van der Waals surface area contributed by atoms with E-state index in [1.54, 1.807) is 0 Å². The number of aryl methyl sites for hydroxylation is 1. The van der Waals surface area contributed by atoms with E-state index >= 15 is 0 Å². The van der Waals surface area contributed by atoms with Gasteiger partial charge in [0, 0.05) is 11.3 Å². The van der Waals surface area contributed by atoms with Crippen LogP contribution < -0.4 is 4.90 Å². The van der Waals surface area contributed by atoms with Crippen molar-refractivity contribution in [2.75, 3.05) is 4.90 Å². The maximum atomic E-state index is 13.8. The lowest BCUT2D eigenvalue weighted by Crippen LogP contribution is -2.46. The van der Waals surface area contributed by atoms with Gasteiger partial charge in [-0.1, -0.05) is 96.6 Å². The SMILES string of the molecule is Cc1ccc(C2(c3ccccc3)c3ccccc3C(=O)N2c2ccccc2)cc1. The van der Waals surface area contributed by atoms with Crippen molar-refractivity contribution in [3.63, 3.8) is 0 Å². The van der Waals surface area contributed by atoms with E-state index in [4.69, 9.17) is 0 Å². The summed E-state index contributed by atoms with van der Waals surface area (Å²) < 4.78 is 0. The van der Waals surface area contributed by atoms with Gasteiger partial charge in [-0.2, -0.15) is 0 Å². The fourth-order valence-corrected chi connectivity index (χ4v) is 4.48. The minimum absolute atomic E-state index is 0.0243. The van der Waals surface area contributed by atoms with Gasteiger partial charge in [0.2, 0.25) is 0 Å². The summed E-state index contributed by atoms with van der Waals surface area (Å²) in [6, 6.07) is 36.8. The van der Waals surface area contributed by atoms with Crippen LogP contribution in [0.3, 0.4) is 0 Å². The molecular weight excluding hydrogens is 354 g/mol. The van der Waals surface area contributed by atoms with Crippen LogP contribution in [0.4, 0.5) is 5.69 Å². The minimum Gasteiger partial charge on any atom is -0.290 e. The molecule has 1 heterocycles. The molecule has 4 aromatic carbocycles. The summed E-state index contributed by atoms with van der Waals surface area (Å²) in [6.07, 6.45) is 0. The zero-order valence-corrected chi connectivity index (χ0v) is 16.2. The predicted molar refractivity (Wildman–Crippen MR) is 117 cm³/mol. The number of carbonyl (C=O) groups excluding carboxylic acids is 1. The lowest BCUT2D eigenvalue weighted by atomic mass is 9.76. The van der Waals surface area contributed by atoms with Crippen LogP contribution in [0, 0.1) is 6.92 Å². The summed E-state index contributed by atoms with van der Waals surface area (Å²) >= 11 is 0. The van der Waals surface area contributed by atoms with E-state index in [0.717, 1.165) is 27.9 Å². The zero-order valence-electron chi connectivity index (χ0n) is 16.2. The van der Waals surface area contributed by atoms with Crippen LogP contribution in [0.5, 0.6) is 0 Å². The fourth-order valence-electron chi connectivity index (χ4n) is 4.48. The lowest BCUT2D eigenvalue weighted by Gasteiger charge is -2.40. The van der Waals surface area contributed by atoms with Crippen molar-refractivity contribution < 1.29 is 4.79 Å². The molecule has 140 valence electrons. The normalized spacial score (nSPS) is 18.0. The van der Waals surface area contributed by atoms with Crippen LogP contribution in [0.25, 0.3) is 0 Å². The third-order valence-electron chi connectivity index (χ3n) is 5.76. The van der Waals surface area contributed by atoms with Gasteiger partial charge in [-0.15, -0.1) is 0 Å². The van der Waals surface area contributed by atoms with Crippen molar-refractivity contribution in [1.82, 2.24) is 0 Å². The summed E-state index contributed by atoms with van der Waals surface area (Å²) in [6.45, 7) is 2.09. The second kappa shape index (κ2) is 6.75. The molecule has 0 N–H and O–H groups in total. The summed E-state index contributed by atoms with van der Waals surface area (Å²) in [5, 5.41) is 0. The summed E-state index contributed by atoms with van der Waals surface area (Å²) in [4.78, 5) is 15.7. The van der Waals surface area contributed by atoms with Gasteiger partial charge in [-0.05, 0) is 41.8 Å². The van der Waals surface area contributed by atoms with Crippen molar-refractivity contribution in [3.05, 3.63) is 137 Å². The van der Waals surface area contributed by atoms with E-state index in [2.05, 4.69) is 49.4 Å². The molecule has 1 unspecified atom stereocenters. The first-order chi connectivity index (χ1) is 14.2. The standard InChI is InChI=1S/C27H21NO/c1-20-16-18-22(19-17-20)27(21-10-4-2-5-11-21)25-15-9-8-14-24(25)26(29)28(27)23-12-6-3-7-13-23/h2-19H,1H3. The van der Waals surface area contributed by atoms with Gasteiger partial charge >= 0.3 is 0 Å². The fraction of sp³-hybridized carbons (Fsp3) is 0.0741. The number of para-hydroxylation sites is 1. The molecule has 1 atom stereocenters. The van der Waals surface area contributed by atoms with Crippen LogP contribution in [0.2, 0.25) is 0 Å². The highest BCUT2D eigenvalue weighted by molar-refractivity contribution is 6.13. The highest BCUT2D eigenvalue weighted by Crippen LogP contribution is 2.50. The molecule has 0 aromatic heterocycles. The number of hydrogen-bond donors (Lipinski definition) is 0. The monoisotopic (exact) mass is 375 g/mol. The van der Waals surface area contributed by atoms with Crippen molar-refractivity contribution in [2.45, 2.75) is 12.5 Å². The molecule has 1 aliphatic rings.